The third kappa shape index (κ3) is 4.72. The largest absolute Gasteiger partial charge is 0.376 e. The summed E-state index contributed by atoms with van der Waals surface area (Å²) in [6.07, 6.45) is 4.01. The minimum Gasteiger partial charge on any atom is -0.376 e. The number of carbonyl (C=O) groups excluding carboxylic acids is 2. The number of carbonyl (C=O) groups is 2. The first-order valence-corrected chi connectivity index (χ1v) is 9.14. The third-order valence-corrected chi connectivity index (χ3v) is 4.91. The molecule has 1 atom stereocenters. The zero-order valence-electron chi connectivity index (χ0n) is 14.8. The van der Waals surface area contributed by atoms with Gasteiger partial charge in [0, 0.05) is 44.9 Å². The highest BCUT2D eigenvalue weighted by atomic mass is 16.5. The van der Waals surface area contributed by atoms with E-state index in [0.29, 0.717) is 12.1 Å². The van der Waals surface area contributed by atoms with Gasteiger partial charge in [-0.1, -0.05) is 12.1 Å². The van der Waals surface area contributed by atoms with Crippen LogP contribution in [0.4, 0.5) is 5.69 Å². The van der Waals surface area contributed by atoms with E-state index in [2.05, 4.69) is 15.5 Å². The van der Waals surface area contributed by atoms with Gasteiger partial charge in [0.05, 0.1) is 11.7 Å². The number of rotatable bonds is 5. The number of piperidine rings is 1. The van der Waals surface area contributed by atoms with Crippen molar-refractivity contribution in [2.45, 2.75) is 44.8 Å². The summed E-state index contributed by atoms with van der Waals surface area (Å²) >= 11 is 0. The van der Waals surface area contributed by atoms with Crippen LogP contribution >= 0.6 is 0 Å². The maximum Gasteiger partial charge on any atom is 0.253 e. The van der Waals surface area contributed by atoms with Gasteiger partial charge in [0.2, 0.25) is 5.91 Å². The second-order valence-corrected chi connectivity index (χ2v) is 6.82. The fraction of sp³-hybridized carbons (Fsp3) is 0.579. The Hall–Kier alpha value is -2.08. The van der Waals surface area contributed by atoms with Crippen LogP contribution in [0.5, 0.6) is 0 Å². The first-order valence-electron chi connectivity index (χ1n) is 9.14. The summed E-state index contributed by atoms with van der Waals surface area (Å²) in [6.45, 7) is 4.58. The first kappa shape index (κ1) is 17.7. The van der Waals surface area contributed by atoms with Crippen molar-refractivity contribution in [1.29, 1.82) is 0 Å². The molecule has 25 heavy (non-hydrogen) atoms. The molecular weight excluding hydrogens is 318 g/mol. The molecule has 0 aliphatic carbocycles. The maximum atomic E-state index is 12.6. The van der Waals surface area contributed by atoms with Crippen LogP contribution in [0.2, 0.25) is 0 Å². The molecule has 1 aromatic carbocycles. The molecule has 0 bridgehead atoms. The molecule has 0 unspecified atom stereocenters. The molecular formula is C19H27N3O3. The minimum absolute atomic E-state index is 0.0207. The zero-order chi connectivity index (χ0) is 17.6. The zero-order valence-corrected chi connectivity index (χ0v) is 14.8. The molecule has 2 aliphatic heterocycles. The monoisotopic (exact) mass is 345 g/mol. The van der Waals surface area contributed by atoms with Crippen molar-refractivity contribution in [3.8, 4) is 0 Å². The SMILES string of the molecule is CC(=O)NC1CCN(c2ccccc2C(=O)NC[C@H]2CCCO2)CC1. The molecule has 0 radical (unpaired) electrons. The lowest BCUT2D eigenvalue weighted by Gasteiger charge is -2.34. The molecule has 2 heterocycles. The normalized spacial score (nSPS) is 21.2. The molecule has 6 nitrogen and oxygen atoms in total. The van der Waals surface area contributed by atoms with E-state index in [1.165, 1.54) is 0 Å². The number of ether oxygens (including phenoxy) is 1. The lowest BCUT2D eigenvalue weighted by Crippen LogP contribution is -2.44. The summed E-state index contributed by atoms with van der Waals surface area (Å²) in [5.41, 5.74) is 1.67. The van der Waals surface area contributed by atoms with E-state index in [9.17, 15) is 9.59 Å². The van der Waals surface area contributed by atoms with E-state index in [1.807, 2.05) is 24.3 Å². The Labute approximate surface area is 148 Å². The molecule has 6 heteroatoms. The van der Waals surface area contributed by atoms with E-state index in [-0.39, 0.29) is 24.0 Å². The molecule has 0 spiro atoms. The summed E-state index contributed by atoms with van der Waals surface area (Å²) in [7, 11) is 0. The highest BCUT2D eigenvalue weighted by Crippen LogP contribution is 2.24. The Morgan fingerprint density at radius 1 is 1.20 bits per heavy atom. The van der Waals surface area contributed by atoms with Gasteiger partial charge in [0.25, 0.3) is 5.91 Å². The summed E-state index contributed by atoms with van der Waals surface area (Å²) in [5.74, 6) is -0.0255. The number of nitrogens with zero attached hydrogens (tertiary/aromatic N) is 1. The number of para-hydroxylation sites is 1. The minimum atomic E-state index is -0.0462. The number of anilines is 1. The van der Waals surface area contributed by atoms with Gasteiger partial charge >= 0.3 is 0 Å². The predicted octanol–water partition coefficient (Wildman–Crippen LogP) is 1.70. The van der Waals surface area contributed by atoms with Crippen LogP contribution in [-0.2, 0) is 9.53 Å². The molecule has 0 saturated carbocycles. The average Bonchev–Trinajstić information content (AvgIpc) is 3.13. The van der Waals surface area contributed by atoms with E-state index < -0.39 is 0 Å². The molecule has 3 rings (SSSR count). The van der Waals surface area contributed by atoms with Crippen LogP contribution in [0, 0.1) is 0 Å². The van der Waals surface area contributed by atoms with Crippen LogP contribution in [0.15, 0.2) is 24.3 Å². The molecule has 2 saturated heterocycles. The lowest BCUT2D eigenvalue weighted by atomic mass is 10.0. The van der Waals surface area contributed by atoms with Crippen LogP contribution in [0.1, 0.15) is 43.0 Å². The molecule has 136 valence electrons. The second kappa shape index (κ2) is 8.34. The molecule has 0 aromatic heterocycles. The van der Waals surface area contributed by atoms with Crippen molar-refractivity contribution in [2.75, 3.05) is 31.1 Å². The molecule has 2 amide bonds. The fourth-order valence-electron chi connectivity index (χ4n) is 3.60. The molecule has 1 aromatic rings. The molecule has 2 aliphatic rings. The summed E-state index contributed by atoms with van der Waals surface area (Å²) in [4.78, 5) is 26.1. The van der Waals surface area contributed by atoms with Gasteiger partial charge in [0.1, 0.15) is 0 Å². The predicted molar refractivity (Wildman–Crippen MR) is 96.8 cm³/mol. The highest BCUT2D eigenvalue weighted by Gasteiger charge is 2.23. The van der Waals surface area contributed by atoms with Crippen LogP contribution in [-0.4, -0.2) is 50.2 Å². The van der Waals surface area contributed by atoms with Gasteiger partial charge in [-0.2, -0.15) is 0 Å². The summed E-state index contributed by atoms with van der Waals surface area (Å²) < 4.78 is 5.57. The number of amides is 2. The Bertz CT molecular complexity index is 606. The van der Waals surface area contributed by atoms with Gasteiger partial charge < -0.3 is 20.3 Å². The molecule has 2 N–H and O–H groups in total. The van der Waals surface area contributed by atoms with E-state index in [1.54, 1.807) is 6.92 Å². The maximum absolute atomic E-state index is 12.6. The van der Waals surface area contributed by atoms with Crippen molar-refractivity contribution < 1.29 is 14.3 Å². The molecule has 2 fully saturated rings. The number of hydrogen-bond acceptors (Lipinski definition) is 4. The number of hydrogen-bond donors (Lipinski definition) is 2. The smallest absolute Gasteiger partial charge is 0.253 e. The van der Waals surface area contributed by atoms with Crippen molar-refractivity contribution in [1.82, 2.24) is 10.6 Å². The topological polar surface area (TPSA) is 70.7 Å². The Balaban J connectivity index is 1.60. The van der Waals surface area contributed by atoms with Gasteiger partial charge in [-0.25, -0.2) is 0 Å². The second-order valence-electron chi connectivity index (χ2n) is 6.82. The Kier molecular flexibility index (Phi) is 5.91. The summed E-state index contributed by atoms with van der Waals surface area (Å²) in [5, 5.41) is 5.99. The number of benzene rings is 1. The number of nitrogens with one attached hydrogen (secondary N) is 2. The summed E-state index contributed by atoms with van der Waals surface area (Å²) in [6, 6.07) is 7.97. The van der Waals surface area contributed by atoms with Crippen molar-refractivity contribution in [2.24, 2.45) is 0 Å². The van der Waals surface area contributed by atoms with E-state index >= 15 is 0 Å². The fourth-order valence-corrected chi connectivity index (χ4v) is 3.60. The van der Waals surface area contributed by atoms with E-state index in [0.717, 1.165) is 51.1 Å². The lowest BCUT2D eigenvalue weighted by molar-refractivity contribution is -0.119. The standard InChI is InChI=1S/C19H27N3O3/c1-14(23)21-15-8-10-22(11-9-15)18-7-3-2-6-17(18)19(24)20-13-16-5-4-12-25-16/h2-3,6-7,15-16H,4-5,8-13H2,1H3,(H,20,24)(H,21,23)/t16-/m1/s1. The Morgan fingerprint density at radius 2 is 1.96 bits per heavy atom. The first-order chi connectivity index (χ1) is 12.1. The van der Waals surface area contributed by atoms with Crippen molar-refractivity contribution in [3.63, 3.8) is 0 Å². The van der Waals surface area contributed by atoms with Gasteiger partial charge in [-0.3, -0.25) is 9.59 Å². The van der Waals surface area contributed by atoms with Crippen LogP contribution in [0.25, 0.3) is 0 Å². The van der Waals surface area contributed by atoms with Gasteiger partial charge in [-0.15, -0.1) is 0 Å². The quantitative estimate of drug-likeness (QED) is 0.852. The van der Waals surface area contributed by atoms with Crippen molar-refractivity contribution in [3.05, 3.63) is 29.8 Å². The average molecular weight is 345 g/mol. The third-order valence-electron chi connectivity index (χ3n) is 4.91. The highest BCUT2D eigenvalue weighted by molar-refractivity contribution is 5.99. The van der Waals surface area contributed by atoms with Crippen LogP contribution < -0.4 is 15.5 Å². The Morgan fingerprint density at radius 3 is 2.64 bits per heavy atom. The van der Waals surface area contributed by atoms with E-state index in [4.69, 9.17) is 4.74 Å². The van der Waals surface area contributed by atoms with Gasteiger partial charge in [0.15, 0.2) is 0 Å². The van der Waals surface area contributed by atoms with Crippen LogP contribution in [0.3, 0.4) is 0 Å². The van der Waals surface area contributed by atoms with Gasteiger partial charge in [-0.05, 0) is 37.8 Å². The van der Waals surface area contributed by atoms with Crippen molar-refractivity contribution >= 4 is 17.5 Å².